The van der Waals surface area contributed by atoms with E-state index in [2.05, 4.69) is 17.1 Å². The number of pyridine rings is 1. The molecular weight excluding hydrogens is 440 g/mol. The lowest BCUT2D eigenvalue weighted by atomic mass is 9.84. The molecule has 5 rings (SSSR count). The number of hydrogen-bond donors (Lipinski definition) is 0. The maximum atomic E-state index is 13.4. The van der Waals surface area contributed by atoms with E-state index >= 15 is 0 Å². The summed E-state index contributed by atoms with van der Waals surface area (Å²) >= 11 is 0. The number of amides is 1. The number of ether oxygens (including phenoxy) is 3. The number of aromatic nitrogens is 1. The van der Waals surface area contributed by atoms with Crippen molar-refractivity contribution in [2.24, 2.45) is 0 Å². The lowest BCUT2D eigenvalue weighted by Crippen LogP contribution is -2.52. The van der Waals surface area contributed by atoms with E-state index in [1.165, 1.54) is 19.3 Å². The summed E-state index contributed by atoms with van der Waals surface area (Å²) in [5, 5.41) is 0. The fourth-order valence-corrected chi connectivity index (χ4v) is 5.17. The molecule has 2 heterocycles. The van der Waals surface area contributed by atoms with Crippen LogP contribution in [0.1, 0.15) is 53.6 Å². The average molecular weight is 473 g/mol. The second-order valence-corrected chi connectivity index (χ2v) is 9.25. The van der Waals surface area contributed by atoms with Crippen LogP contribution in [0.2, 0.25) is 0 Å². The topological polar surface area (TPSA) is 60.9 Å². The van der Waals surface area contributed by atoms with Crippen LogP contribution in [0.4, 0.5) is 0 Å². The molecule has 0 N–H and O–H groups in total. The summed E-state index contributed by atoms with van der Waals surface area (Å²) in [6.07, 6.45) is 9.24. The fraction of sp³-hybridized carbons (Fsp3) is 0.379. The Morgan fingerprint density at radius 1 is 1.00 bits per heavy atom. The quantitative estimate of drug-likeness (QED) is 0.492. The van der Waals surface area contributed by atoms with Gasteiger partial charge in [-0.15, -0.1) is 0 Å². The van der Waals surface area contributed by atoms with Gasteiger partial charge in [-0.25, -0.2) is 0 Å². The Morgan fingerprint density at radius 2 is 1.83 bits per heavy atom. The van der Waals surface area contributed by atoms with Gasteiger partial charge < -0.3 is 19.1 Å². The molecule has 1 aliphatic carbocycles. The highest BCUT2D eigenvalue weighted by atomic mass is 16.5. The zero-order chi connectivity index (χ0) is 24.1. The van der Waals surface area contributed by atoms with Gasteiger partial charge in [-0.3, -0.25) is 9.78 Å². The van der Waals surface area contributed by atoms with E-state index in [-0.39, 0.29) is 12.0 Å². The standard InChI is InChI=1S/C29H32N2O4/c1-33-26-15-14-24(19-27(26)35-25-12-6-3-7-13-25)29(23-10-4-2-5-11-23)21-31(17-18-34-29)28(32)22-9-8-16-30-20-22/h2,4-5,8-11,14-16,19-20,25H,3,6-7,12-13,17-18,21H2,1H3. The Labute approximate surface area is 206 Å². The zero-order valence-electron chi connectivity index (χ0n) is 20.2. The predicted octanol–water partition coefficient (Wildman–Crippen LogP) is 5.22. The molecule has 1 aromatic heterocycles. The maximum absolute atomic E-state index is 13.4. The van der Waals surface area contributed by atoms with Crippen LogP contribution in [0.15, 0.2) is 73.1 Å². The van der Waals surface area contributed by atoms with Crippen molar-refractivity contribution in [3.63, 3.8) is 0 Å². The fourth-order valence-electron chi connectivity index (χ4n) is 5.17. The first-order valence-corrected chi connectivity index (χ1v) is 12.4. The van der Waals surface area contributed by atoms with Crippen molar-refractivity contribution in [1.29, 1.82) is 0 Å². The van der Waals surface area contributed by atoms with Gasteiger partial charge in [0.15, 0.2) is 11.5 Å². The molecule has 1 atom stereocenters. The molecule has 3 aromatic rings. The highest BCUT2D eigenvalue weighted by Gasteiger charge is 2.42. The molecule has 2 fully saturated rings. The number of nitrogens with zero attached hydrogens (tertiary/aromatic N) is 2. The molecule has 1 unspecified atom stereocenters. The number of methoxy groups -OCH3 is 1. The van der Waals surface area contributed by atoms with Gasteiger partial charge >= 0.3 is 0 Å². The molecule has 0 radical (unpaired) electrons. The van der Waals surface area contributed by atoms with Gasteiger partial charge in [-0.1, -0.05) is 42.8 Å². The van der Waals surface area contributed by atoms with E-state index in [0.29, 0.717) is 31.0 Å². The lowest BCUT2D eigenvalue weighted by Gasteiger charge is -2.43. The minimum atomic E-state index is -0.825. The van der Waals surface area contributed by atoms with Gasteiger partial charge in [0.25, 0.3) is 5.91 Å². The third kappa shape index (κ3) is 4.89. The molecule has 182 valence electrons. The molecule has 35 heavy (non-hydrogen) atoms. The number of benzene rings is 2. The summed E-state index contributed by atoms with van der Waals surface area (Å²) in [6.45, 7) is 1.33. The summed E-state index contributed by atoms with van der Waals surface area (Å²) < 4.78 is 18.7. The van der Waals surface area contributed by atoms with Crippen LogP contribution in [-0.2, 0) is 10.3 Å². The Hall–Kier alpha value is -3.38. The van der Waals surface area contributed by atoms with Gasteiger partial charge in [-0.2, -0.15) is 0 Å². The molecule has 2 aromatic carbocycles. The molecule has 0 spiro atoms. The minimum absolute atomic E-state index is 0.0473. The predicted molar refractivity (Wildman–Crippen MR) is 134 cm³/mol. The molecule has 1 saturated heterocycles. The molecule has 6 nitrogen and oxygen atoms in total. The number of hydrogen-bond acceptors (Lipinski definition) is 5. The van der Waals surface area contributed by atoms with Crippen molar-refractivity contribution in [2.45, 2.75) is 43.8 Å². The van der Waals surface area contributed by atoms with Crippen LogP contribution >= 0.6 is 0 Å². The van der Waals surface area contributed by atoms with Gasteiger partial charge in [0.2, 0.25) is 0 Å². The van der Waals surface area contributed by atoms with E-state index in [9.17, 15) is 4.79 Å². The highest BCUT2D eigenvalue weighted by molar-refractivity contribution is 5.94. The van der Waals surface area contributed by atoms with Crippen molar-refractivity contribution < 1.29 is 19.0 Å². The number of carbonyl (C=O) groups excluding carboxylic acids is 1. The molecule has 6 heteroatoms. The van der Waals surface area contributed by atoms with Crippen molar-refractivity contribution in [1.82, 2.24) is 9.88 Å². The second-order valence-electron chi connectivity index (χ2n) is 9.25. The third-order valence-corrected chi connectivity index (χ3v) is 7.03. The van der Waals surface area contributed by atoms with Crippen LogP contribution in [0.5, 0.6) is 11.5 Å². The summed E-state index contributed by atoms with van der Waals surface area (Å²) in [7, 11) is 1.67. The third-order valence-electron chi connectivity index (χ3n) is 7.03. The molecular formula is C29H32N2O4. The van der Waals surface area contributed by atoms with Crippen molar-refractivity contribution in [3.8, 4) is 11.5 Å². The SMILES string of the molecule is COc1ccc(C2(c3ccccc3)CN(C(=O)c3cccnc3)CCO2)cc1OC1CCCCC1. The number of morpholine rings is 1. The van der Waals surface area contributed by atoms with Crippen LogP contribution in [0, 0.1) is 0 Å². The van der Waals surface area contributed by atoms with Crippen molar-refractivity contribution >= 4 is 5.91 Å². The van der Waals surface area contributed by atoms with E-state index in [1.807, 2.05) is 41.3 Å². The smallest absolute Gasteiger partial charge is 0.255 e. The van der Waals surface area contributed by atoms with Gasteiger partial charge in [0, 0.05) is 18.9 Å². The van der Waals surface area contributed by atoms with Crippen molar-refractivity contribution in [3.05, 3.63) is 89.7 Å². The normalized spacial score (nSPS) is 20.9. The summed E-state index contributed by atoms with van der Waals surface area (Å²) in [6, 6.07) is 19.7. The van der Waals surface area contributed by atoms with Gasteiger partial charge in [0.05, 0.1) is 31.9 Å². The summed E-state index contributed by atoms with van der Waals surface area (Å²) in [5.74, 6) is 1.39. The monoisotopic (exact) mass is 472 g/mol. The van der Waals surface area contributed by atoms with E-state index < -0.39 is 5.60 Å². The molecule has 1 aliphatic heterocycles. The summed E-state index contributed by atoms with van der Waals surface area (Å²) in [5.41, 5.74) is 1.69. The van der Waals surface area contributed by atoms with Crippen LogP contribution in [0.3, 0.4) is 0 Å². The van der Waals surface area contributed by atoms with Crippen LogP contribution in [0.25, 0.3) is 0 Å². The minimum Gasteiger partial charge on any atom is -0.493 e. The number of carbonyl (C=O) groups is 1. The molecule has 1 amide bonds. The molecule has 1 saturated carbocycles. The second kappa shape index (κ2) is 10.5. The van der Waals surface area contributed by atoms with E-state index in [1.54, 1.807) is 31.6 Å². The van der Waals surface area contributed by atoms with E-state index in [4.69, 9.17) is 14.2 Å². The first-order chi connectivity index (χ1) is 17.2. The highest BCUT2D eigenvalue weighted by Crippen LogP contribution is 2.41. The average Bonchev–Trinajstić information content (AvgIpc) is 2.94. The lowest BCUT2D eigenvalue weighted by molar-refractivity contribution is -0.0786. The Morgan fingerprint density at radius 3 is 2.57 bits per heavy atom. The van der Waals surface area contributed by atoms with E-state index in [0.717, 1.165) is 29.7 Å². The largest absolute Gasteiger partial charge is 0.493 e. The zero-order valence-corrected chi connectivity index (χ0v) is 20.2. The first-order valence-electron chi connectivity index (χ1n) is 12.4. The van der Waals surface area contributed by atoms with Crippen molar-refractivity contribution in [2.75, 3.05) is 26.8 Å². The van der Waals surface area contributed by atoms with Crippen LogP contribution < -0.4 is 9.47 Å². The summed E-state index contributed by atoms with van der Waals surface area (Å²) in [4.78, 5) is 19.4. The number of rotatable bonds is 6. The first kappa shape index (κ1) is 23.4. The van der Waals surface area contributed by atoms with Gasteiger partial charge in [-0.05, 0) is 61.1 Å². The van der Waals surface area contributed by atoms with Crippen LogP contribution in [-0.4, -0.2) is 48.7 Å². The molecule has 2 aliphatic rings. The Balaban J connectivity index is 1.53. The molecule has 0 bridgehead atoms. The maximum Gasteiger partial charge on any atom is 0.255 e. The Bertz CT molecular complexity index is 1130. The Kier molecular flexibility index (Phi) is 7.00. The van der Waals surface area contributed by atoms with Gasteiger partial charge in [0.1, 0.15) is 5.60 Å².